The SMILES string of the molecule is COC(=O)C1=C(NC(C)c2cccc3ccccc23)CCC1. The highest BCUT2D eigenvalue weighted by molar-refractivity contribution is 5.90. The Morgan fingerprint density at radius 2 is 1.91 bits per heavy atom. The second-order valence-electron chi connectivity index (χ2n) is 5.74. The number of nitrogens with one attached hydrogen (secondary N) is 1. The van der Waals surface area contributed by atoms with Gasteiger partial charge in [0, 0.05) is 11.7 Å². The first-order chi connectivity index (χ1) is 10.7. The van der Waals surface area contributed by atoms with Crippen LogP contribution in [0.2, 0.25) is 0 Å². The first-order valence-electron chi connectivity index (χ1n) is 7.75. The number of carbonyl (C=O) groups is 1. The van der Waals surface area contributed by atoms with Gasteiger partial charge < -0.3 is 10.1 Å². The average Bonchev–Trinajstić information content (AvgIpc) is 3.01. The lowest BCUT2D eigenvalue weighted by molar-refractivity contribution is -0.136. The highest BCUT2D eigenvalue weighted by Crippen LogP contribution is 2.29. The number of hydrogen-bond acceptors (Lipinski definition) is 3. The summed E-state index contributed by atoms with van der Waals surface area (Å²) in [5, 5.41) is 6.02. The molecule has 0 heterocycles. The molecule has 0 fully saturated rings. The molecule has 3 nitrogen and oxygen atoms in total. The summed E-state index contributed by atoms with van der Waals surface area (Å²) in [6.45, 7) is 2.14. The van der Waals surface area contributed by atoms with Gasteiger partial charge in [0.1, 0.15) is 0 Å². The third kappa shape index (κ3) is 2.71. The molecule has 1 aliphatic carbocycles. The molecule has 22 heavy (non-hydrogen) atoms. The summed E-state index contributed by atoms with van der Waals surface area (Å²) in [5.41, 5.74) is 3.09. The van der Waals surface area contributed by atoms with Crippen molar-refractivity contribution in [1.29, 1.82) is 0 Å². The van der Waals surface area contributed by atoms with Gasteiger partial charge in [0.2, 0.25) is 0 Å². The highest BCUT2D eigenvalue weighted by atomic mass is 16.5. The third-order valence-electron chi connectivity index (χ3n) is 4.33. The molecule has 0 aliphatic heterocycles. The van der Waals surface area contributed by atoms with E-state index in [0.29, 0.717) is 0 Å². The van der Waals surface area contributed by atoms with Gasteiger partial charge >= 0.3 is 5.97 Å². The maximum Gasteiger partial charge on any atom is 0.335 e. The highest BCUT2D eigenvalue weighted by Gasteiger charge is 2.23. The molecule has 1 unspecified atom stereocenters. The summed E-state index contributed by atoms with van der Waals surface area (Å²) < 4.78 is 4.89. The van der Waals surface area contributed by atoms with Gasteiger partial charge in [0.05, 0.1) is 12.7 Å². The van der Waals surface area contributed by atoms with Crippen molar-refractivity contribution in [2.75, 3.05) is 7.11 Å². The molecular formula is C19H21NO2. The van der Waals surface area contributed by atoms with E-state index in [1.807, 2.05) is 0 Å². The number of methoxy groups -OCH3 is 1. The van der Waals surface area contributed by atoms with Gasteiger partial charge in [-0.15, -0.1) is 0 Å². The van der Waals surface area contributed by atoms with E-state index in [-0.39, 0.29) is 12.0 Å². The third-order valence-corrected chi connectivity index (χ3v) is 4.33. The van der Waals surface area contributed by atoms with Crippen LogP contribution in [-0.2, 0) is 9.53 Å². The van der Waals surface area contributed by atoms with E-state index in [1.54, 1.807) is 0 Å². The molecule has 1 N–H and O–H groups in total. The Bertz CT molecular complexity index is 728. The molecule has 0 amide bonds. The van der Waals surface area contributed by atoms with Crippen LogP contribution in [0.25, 0.3) is 10.8 Å². The Hall–Kier alpha value is -2.29. The number of esters is 1. The van der Waals surface area contributed by atoms with Crippen molar-refractivity contribution in [3.8, 4) is 0 Å². The minimum absolute atomic E-state index is 0.152. The van der Waals surface area contributed by atoms with Gasteiger partial charge in [-0.25, -0.2) is 4.79 Å². The summed E-state index contributed by atoms with van der Waals surface area (Å²) in [7, 11) is 1.44. The number of fused-ring (bicyclic) bond motifs is 1. The van der Waals surface area contributed by atoms with E-state index >= 15 is 0 Å². The fourth-order valence-electron chi connectivity index (χ4n) is 3.22. The Kier molecular flexibility index (Phi) is 4.14. The molecular weight excluding hydrogens is 274 g/mol. The lowest BCUT2D eigenvalue weighted by Crippen LogP contribution is -2.20. The maximum atomic E-state index is 11.8. The first kappa shape index (κ1) is 14.6. The quantitative estimate of drug-likeness (QED) is 0.863. The monoisotopic (exact) mass is 295 g/mol. The van der Waals surface area contributed by atoms with Crippen LogP contribution in [0, 0.1) is 0 Å². The van der Waals surface area contributed by atoms with Crippen molar-refractivity contribution in [1.82, 2.24) is 5.32 Å². The second-order valence-corrected chi connectivity index (χ2v) is 5.74. The number of ether oxygens (including phenoxy) is 1. The van der Waals surface area contributed by atoms with Crippen molar-refractivity contribution >= 4 is 16.7 Å². The van der Waals surface area contributed by atoms with E-state index in [2.05, 4.69) is 54.7 Å². The Labute approximate surface area is 131 Å². The number of allylic oxidation sites excluding steroid dienone is 1. The van der Waals surface area contributed by atoms with Crippen molar-refractivity contribution in [2.45, 2.75) is 32.2 Å². The van der Waals surface area contributed by atoms with Crippen molar-refractivity contribution in [3.05, 3.63) is 59.3 Å². The van der Waals surface area contributed by atoms with E-state index in [9.17, 15) is 4.79 Å². The topological polar surface area (TPSA) is 38.3 Å². The fourth-order valence-corrected chi connectivity index (χ4v) is 3.22. The van der Waals surface area contributed by atoms with Gasteiger partial charge in [-0.2, -0.15) is 0 Å². The largest absolute Gasteiger partial charge is 0.466 e. The zero-order valence-electron chi connectivity index (χ0n) is 13.1. The summed E-state index contributed by atoms with van der Waals surface area (Å²) in [5.74, 6) is -0.204. The molecule has 3 rings (SSSR count). The van der Waals surface area contributed by atoms with Crippen molar-refractivity contribution in [2.24, 2.45) is 0 Å². The fraction of sp³-hybridized carbons (Fsp3) is 0.316. The van der Waals surface area contributed by atoms with E-state index < -0.39 is 0 Å². The molecule has 2 aromatic carbocycles. The second kappa shape index (κ2) is 6.22. The standard InChI is InChI=1S/C19H21NO2/c1-13(20-18-12-6-11-17(18)19(21)22-2)15-10-5-8-14-7-3-4-9-16(14)15/h3-5,7-10,13,20H,6,11-12H2,1-2H3. The molecule has 0 aromatic heterocycles. The lowest BCUT2D eigenvalue weighted by Gasteiger charge is -2.19. The Morgan fingerprint density at radius 3 is 2.73 bits per heavy atom. The van der Waals surface area contributed by atoms with Gasteiger partial charge in [0.15, 0.2) is 0 Å². The van der Waals surface area contributed by atoms with Crippen molar-refractivity contribution in [3.63, 3.8) is 0 Å². The molecule has 1 atom stereocenters. The van der Waals surface area contributed by atoms with Gasteiger partial charge in [-0.3, -0.25) is 0 Å². The minimum Gasteiger partial charge on any atom is -0.466 e. The number of benzene rings is 2. The molecule has 0 bridgehead atoms. The molecule has 0 radical (unpaired) electrons. The van der Waals surface area contributed by atoms with Crippen molar-refractivity contribution < 1.29 is 9.53 Å². The maximum absolute atomic E-state index is 11.8. The summed E-state index contributed by atoms with van der Waals surface area (Å²) in [4.78, 5) is 11.8. The zero-order chi connectivity index (χ0) is 15.5. The van der Waals surface area contributed by atoms with Crippen LogP contribution in [0.4, 0.5) is 0 Å². The summed E-state index contributed by atoms with van der Waals surface area (Å²) in [6, 6.07) is 14.9. The number of hydrogen-bond donors (Lipinski definition) is 1. The van der Waals surface area contributed by atoms with Gasteiger partial charge in [-0.1, -0.05) is 42.5 Å². The van der Waals surface area contributed by atoms with E-state index in [4.69, 9.17) is 4.74 Å². The molecule has 114 valence electrons. The van der Waals surface area contributed by atoms with Crippen LogP contribution in [0.3, 0.4) is 0 Å². The number of rotatable bonds is 4. The lowest BCUT2D eigenvalue weighted by atomic mass is 9.99. The number of carbonyl (C=O) groups excluding carboxylic acids is 1. The normalized spacial score (nSPS) is 15.9. The molecule has 0 spiro atoms. The van der Waals surface area contributed by atoms with E-state index in [0.717, 1.165) is 30.5 Å². The zero-order valence-corrected chi connectivity index (χ0v) is 13.1. The molecule has 3 heteroatoms. The Balaban J connectivity index is 1.90. The smallest absolute Gasteiger partial charge is 0.335 e. The summed E-state index contributed by atoms with van der Waals surface area (Å²) >= 11 is 0. The summed E-state index contributed by atoms with van der Waals surface area (Å²) in [6.07, 6.45) is 2.73. The van der Waals surface area contributed by atoms with Crippen LogP contribution < -0.4 is 5.32 Å². The first-order valence-corrected chi connectivity index (χ1v) is 7.75. The molecule has 2 aromatic rings. The van der Waals surface area contributed by atoms with Crippen LogP contribution in [0.15, 0.2) is 53.7 Å². The molecule has 0 saturated heterocycles. The van der Waals surface area contributed by atoms with Crippen LogP contribution in [0.5, 0.6) is 0 Å². The molecule has 1 aliphatic rings. The predicted octanol–water partition coefficient (Wildman–Crippen LogP) is 4.10. The van der Waals surface area contributed by atoms with Gasteiger partial charge in [0.25, 0.3) is 0 Å². The molecule has 0 saturated carbocycles. The van der Waals surface area contributed by atoms with Crippen LogP contribution in [0.1, 0.15) is 37.8 Å². The minimum atomic E-state index is -0.204. The Morgan fingerprint density at radius 1 is 1.14 bits per heavy atom. The van der Waals surface area contributed by atoms with E-state index in [1.165, 1.54) is 23.4 Å². The predicted molar refractivity (Wildman–Crippen MR) is 88.4 cm³/mol. The van der Waals surface area contributed by atoms with Gasteiger partial charge in [-0.05, 0) is 42.5 Å². The van der Waals surface area contributed by atoms with Crippen LogP contribution >= 0.6 is 0 Å². The van der Waals surface area contributed by atoms with Crippen LogP contribution in [-0.4, -0.2) is 13.1 Å². The average molecular weight is 295 g/mol.